The Kier molecular flexibility index (Phi) is 8.16. The van der Waals surface area contributed by atoms with Crippen molar-refractivity contribution < 1.29 is 33.0 Å². The third-order valence-electron chi connectivity index (χ3n) is 5.31. The van der Waals surface area contributed by atoms with Gasteiger partial charge in [-0.1, -0.05) is 60.4 Å². The second kappa shape index (κ2) is 11.9. The van der Waals surface area contributed by atoms with E-state index >= 15 is 0 Å². The molecule has 0 aromatic heterocycles. The molecular formula is C28H24FNO6. The van der Waals surface area contributed by atoms with Gasteiger partial charge in [-0.05, 0) is 61.7 Å². The number of carbonyl (C=O) groups is 2. The molecule has 1 fully saturated rings. The normalized spacial score (nSPS) is 17.3. The Labute approximate surface area is 208 Å². The Morgan fingerprint density at radius 3 is 2.17 bits per heavy atom. The van der Waals surface area contributed by atoms with Crippen molar-refractivity contribution in [1.29, 1.82) is 0 Å². The summed E-state index contributed by atoms with van der Waals surface area (Å²) in [6.07, 6.45) is -1.27. The Bertz CT molecular complexity index is 1220. The van der Waals surface area contributed by atoms with E-state index in [1.165, 1.54) is 12.1 Å². The number of hydrogen-bond donors (Lipinski definition) is 0. The van der Waals surface area contributed by atoms with E-state index in [0.29, 0.717) is 6.42 Å². The van der Waals surface area contributed by atoms with Crippen LogP contribution in [0.15, 0.2) is 84.9 Å². The highest BCUT2D eigenvalue weighted by Gasteiger charge is 2.29. The summed E-state index contributed by atoms with van der Waals surface area (Å²) in [6.45, 7) is 1.58. The minimum Gasteiger partial charge on any atom is -0.408 e. The minimum atomic E-state index is -1.12. The molecule has 0 bridgehead atoms. The number of para-hydroxylation sites is 2. The fourth-order valence-corrected chi connectivity index (χ4v) is 3.53. The predicted molar refractivity (Wildman–Crippen MR) is 128 cm³/mol. The maximum atomic E-state index is 13.2. The molecule has 3 aromatic rings. The third-order valence-corrected chi connectivity index (χ3v) is 5.31. The van der Waals surface area contributed by atoms with Crippen molar-refractivity contribution in [3.8, 4) is 23.3 Å². The van der Waals surface area contributed by atoms with Crippen molar-refractivity contribution in [2.75, 3.05) is 0 Å². The standard InChI is InChI=1S/C28H24FNO6/c1-20(12-17-25-18-19-26(33-25)21-13-15-22(29)16-14-21)30(27(31)34-23-8-4-2-5-9-23)36-28(32)35-24-10-6-3-7-11-24/h2-11,13-16,20,25-26H,18-19H2,1H3/t20-,25-,26+/m1/s1. The largest absolute Gasteiger partial charge is 0.539 e. The van der Waals surface area contributed by atoms with Crippen molar-refractivity contribution in [2.24, 2.45) is 0 Å². The van der Waals surface area contributed by atoms with Gasteiger partial charge >= 0.3 is 12.2 Å². The van der Waals surface area contributed by atoms with Crippen LogP contribution in [-0.4, -0.2) is 29.5 Å². The molecule has 7 nitrogen and oxygen atoms in total. The first-order valence-electron chi connectivity index (χ1n) is 11.4. The van der Waals surface area contributed by atoms with Crippen LogP contribution < -0.4 is 9.47 Å². The first-order chi connectivity index (χ1) is 17.5. The van der Waals surface area contributed by atoms with Crippen molar-refractivity contribution >= 4 is 12.2 Å². The summed E-state index contributed by atoms with van der Waals surface area (Å²) in [5, 5.41) is 0.720. The number of benzene rings is 3. The highest BCUT2D eigenvalue weighted by atomic mass is 19.1. The first-order valence-corrected chi connectivity index (χ1v) is 11.4. The van der Waals surface area contributed by atoms with Crippen molar-refractivity contribution in [3.63, 3.8) is 0 Å². The number of ether oxygens (including phenoxy) is 3. The van der Waals surface area contributed by atoms with Gasteiger partial charge < -0.3 is 14.2 Å². The molecule has 3 atom stereocenters. The molecule has 36 heavy (non-hydrogen) atoms. The molecule has 0 aliphatic carbocycles. The van der Waals surface area contributed by atoms with Gasteiger partial charge in [-0.15, -0.1) is 5.06 Å². The Morgan fingerprint density at radius 2 is 1.53 bits per heavy atom. The van der Waals surface area contributed by atoms with E-state index in [9.17, 15) is 14.0 Å². The zero-order chi connectivity index (χ0) is 25.3. The molecule has 4 rings (SSSR count). The summed E-state index contributed by atoms with van der Waals surface area (Å²) in [5.74, 6) is 6.10. The van der Waals surface area contributed by atoms with E-state index in [2.05, 4.69) is 11.8 Å². The van der Waals surface area contributed by atoms with Crippen LogP contribution >= 0.6 is 0 Å². The molecule has 0 unspecified atom stereocenters. The number of amides is 1. The smallest absolute Gasteiger partial charge is 0.408 e. The van der Waals surface area contributed by atoms with Gasteiger partial charge in [0.05, 0.1) is 6.10 Å². The molecule has 0 radical (unpaired) electrons. The quantitative estimate of drug-likeness (QED) is 0.192. The van der Waals surface area contributed by atoms with Gasteiger partial charge in [0.2, 0.25) is 0 Å². The Morgan fingerprint density at radius 1 is 0.917 bits per heavy atom. The molecular weight excluding hydrogens is 465 g/mol. The van der Waals surface area contributed by atoms with E-state index in [1.54, 1.807) is 79.7 Å². The van der Waals surface area contributed by atoms with E-state index < -0.39 is 24.4 Å². The molecule has 1 aliphatic rings. The number of hydrogen-bond acceptors (Lipinski definition) is 6. The van der Waals surface area contributed by atoms with E-state index in [4.69, 9.17) is 19.0 Å². The summed E-state index contributed by atoms with van der Waals surface area (Å²) < 4.78 is 29.6. The summed E-state index contributed by atoms with van der Waals surface area (Å²) in [7, 11) is 0. The summed E-state index contributed by atoms with van der Waals surface area (Å²) >= 11 is 0. The Balaban J connectivity index is 1.43. The fraction of sp³-hybridized carbons (Fsp3) is 0.214. The number of halogens is 1. The van der Waals surface area contributed by atoms with E-state index in [1.807, 2.05) is 0 Å². The van der Waals surface area contributed by atoms with Gasteiger partial charge in [0, 0.05) is 0 Å². The minimum absolute atomic E-state index is 0.198. The summed E-state index contributed by atoms with van der Waals surface area (Å²) in [5.41, 5.74) is 0.869. The van der Waals surface area contributed by atoms with Gasteiger partial charge in [-0.25, -0.2) is 14.0 Å². The number of carbonyl (C=O) groups excluding carboxylic acids is 2. The SMILES string of the molecule is C[C@H](C#C[C@@H]1CC[C@@H](c2ccc(F)cc2)O1)N(OC(=O)Oc1ccccc1)C(=O)Oc1ccccc1. The molecule has 0 N–H and O–H groups in total. The highest BCUT2D eigenvalue weighted by molar-refractivity contribution is 5.73. The van der Waals surface area contributed by atoms with Crippen molar-refractivity contribution in [2.45, 2.75) is 38.0 Å². The lowest BCUT2D eigenvalue weighted by Gasteiger charge is -2.22. The van der Waals surface area contributed by atoms with Crippen LogP contribution in [0.3, 0.4) is 0 Å². The summed E-state index contributed by atoms with van der Waals surface area (Å²) in [4.78, 5) is 30.4. The first kappa shape index (κ1) is 24.8. The maximum absolute atomic E-state index is 13.2. The van der Waals surface area contributed by atoms with Crippen LogP contribution in [-0.2, 0) is 9.57 Å². The van der Waals surface area contributed by atoms with E-state index in [0.717, 1.165) is 17.0 Å². The van der Waals surface area contributed by atoms with Crippen LogP contribution in [0.1, 0.15) is 31.4 Å². The molecule has 0 spiro atoms. The number of rotatable bonds is 4. The number of nitrogens with zero attached hydrogens (tertiary/aromatic N) is 1. The lowest BCUT2D eigenvalue weighted by atomic mass is 10.1. The number of hydroxylamine groups is 2. The monoisotopic (exact) mass is 489 g/mol. The van der Waals surface area contributed by atoms with E-state index in [-0.39, 0.29) is 23.4 Å². The topological polar surface area (TPSA) is 74.3 Å². The molecule has 8 heteroatoms. The highest BCUT2D eigenvalue weighted by Crippen LogP contribution is 2.32. The molecule has 1 heterocycles. The second-order valence-corrected chi connectivity index (χ2v) is 7.97. The van der Waals surface area contributed by atoms with Crippen molar-refractivity contribution in [1.82, 2.24) is 5.06 Å². The Hall–Kier alpha value is -4.35. The van der Waals surface area contributed by atoms with Crippen LogP contribution in [0, 0.1) is 17.7 Å². The fourth-order valence-electron chi connectivity index (χ4n) is 3.53. The van der Waals surface area contributed by atoms with Gasteiger partial charge in [0.1, 0.15) is 29.5 Å². The van der Waals surface area contributed by atoms with Crippen LogP contribution in [0.5, 0.6) is 11.5 Å². The van der Waals surface area contributed by atoms with Crippen LogP contribution in [0.4, 0.5) is 14.0 Å². The average Bonchev–Trinajstić information content (AvgIpc) is 3.36. The third kappa shape index (κ3) is 6.84. The maximum Gasteiger partial charge on any atom is 0.539 e. The van der Waals surface area contributed by atoms with Gasteiger partial charge in [0.25, 0.3) is 0 Å². The lowest BCUT2D eigenvalue weighted by Crippen LogP contribution is -2.42. The van der Waals surface area contributed by atoms with Crippen molar-refractivity contribution in [3.05, 3.63) is 96.3 Å². The molecule has 1 aliphatic heterocycles. The molecule has 0 saturated carbocycles. The van der Waals surface area contributed by atoms with Gasteiger partial charge in [0.15, 0.2) is 0 Å². The molecule has 184 valence electrons. The second-order valence-electron chi connectivity index (χ2n) is 7.97. The zero-order valence-corrected chi connectivity index (χ0v) is 19.5. The van der Waals surface area contributed by atoms with Gasteiger partial charge in [-0.3, -0.25) is 4.84 Å². The van der Waals surface area contributed by atoms with Crippen LogP contribution in [0.2, 0.25) is 0 Å². The molecule has 3 aromatic carbocycles. The zero-order valence-electron chi connectivity index (χ0n) is 19.5. The van der Waals surface area contributed by atoms with Crippen LogP contribution in [0.25, 0.3) is 0 Å². The summed E-state index contributed by atoms with van der Waals surface area (Å²) in [6, 6.07) is 22.0. The van der Waals surface area contributed by atoms with Gasteiger partial charge in [-0.2, -0.15) is 0 Å². The predicted octanol–water partition coefficient (Wildman–Crippen LogP) is 6.07. The average molecular weight is 489 g/mol. The lowest BCUT2D eigenvalue weighted by molar-refractivity contribution is -0.100. The molecule has 1 saturated heterocycles. The molecule has 1 amide bonds.